The zero-order valence-electron chi connectivity index (χ0n) is 17.6. The van der Waals surface area contributed by atoms with Crippen molar-refractivity contribution in [2.75, 3.05) is 13.6 Å². The molecule has 5 heteroatoms. The van der Waals surface area contributed by atoms with Gasteiger partial charge in [-0.1, -0.05) is 42.0 Å². The molecule has 0 N–H and O–H groups in total. The van der Waals surface area contributed by atoms with Gasteiger partial charge in [0.1, 0.15) is 0 Å². The van der Waals surface area contributed by atoms with Crippen molar-refractivity contribution in [2.45, 2.75) is 50.3 Å². The smallest absolute Gasteiger partial charge is 0.242 e. The molecule has 1 aliphatic carbocycles. The van der Waals surface area contributed by atoms with Crippen molar-refractivity contribution in [2.24, 2.45) is 0 Å². The molecule has 0 aliphatic heterocycles. The van der Waals surface area contributed by atoms with Gasteiger partial charge in [0.2, 0.25) is 10.0 Å². The predicted molar refractivity (Wildman–Crippen MR) is 117 cm³/mol. The van der Waals surface area contributed by atoms with Gasteiger partial charge >= 0.3 is 0 Å². The summed E-state index contributed by atoms with van der Waals surface area (Å²) in [7, 11) is -1.92. The van der Waals surface area contributed by atoms with Crippen molar-refractivity contribution in [3.8, 4) is 0 Å². The number of carbonyl (C=O) groups excluding carboxylic acids is 1. The van der Waals surface area contributed by atoms with E-state index in [0.29, 0.717) is 30.7 Å². The second kappa shape index (κ2) is 8.25. The number of sulfonamides is 1. The van der Waals surface area contributed by atoms with Crippen molar-refractivity contribution in [1.82, 2.24) is 4.31 Å². The van der Waals surface area contributed by atoms with E-state index in [1.165, 1.54) is 15.4 Å². The lowest BCUT2D eigenvalue weighted by Gasteiger charge is -2.35. The third-order valence-electron chi connectivity index (χ3n) is 6.09. The number of hydrogen-bond donors (Lipinski definition) is 0. The van der Waals surface area contributed by atoms with E-state index in [-0.39, 0.29) is 11.2 Å². The van der Waals surface area contributed by atoms with E-state index in [2.05, 4.69) is 32.0 Å². The number of hydrogen-bond acceptors (Lipinski definition) is 3. The Balaban J connectivity index is 1.87. The predicted octanol–water partition coefficient (Wildman–Crippen LogP) is 4.48. The van der Waals surface area contributed by atoms with Crippen LogP contribution < -0.4 is 0 Å². The first kappa shape index (κ1) is 21.5. The Kier molecular flexibility index (Phi) is 6.11. The molecule has 29 heavy (non-hydrogen) atoms. The van der Waals surface area contributed by atoms with Crippen LogP contribution in [0.5, 0.6) is 0 Å². The highest BCUT2D eigenvalue weighted by atomic mass is 32.2. The molecule has 0 saturated carbocycles. The van der Waals surface area contributed by atoms with Crippen LogP contribution in [0.15, 0.2) is 59.5 Å². The molecule has 0 bridgehead atoms. The summed E-state index contributed by atoms with van der Waals surface area (Å²) < 4.78 is 27.3. The Labute approximate surface area is 174 Å². The molecule has 0 radical (unpaired) electrons. The molecule has 0 heterocycles. The molecular weight excluding hydrogens is 382 g/mol. The van der Waals surface area contributed by atoms with Crippen LogP contribution in [0.2, 0.25) is 0 Å². The van der Waals surface area contributed by atoms with E-state index in [1.807, 2.05) is 25.1 Å². The average Bonchev–Trinajstić information content (AvgIpc) is 2.70. The number of carbonyl (C=O) groups is 1. The third kappa shape index (κ3) is 4.51. The van der Waals surface area contributed by atoms with E-state index < -0.39 is 10.0 Å². The van der Waals surface area contributed by atoms with Crippen LogP contribution in [0.1, 0.15) is 41.5 Å². The number of ketones is 1. The first-order chi connectivity index (χ1) is 13.6. The van der Waals surface area contributed by atoms with E-state index >= 15 is 0 Å². The summed E-state index contributed by atoms with van der Waals surface area (Å²) in [5.74, 6) is 0.130. The van der Waals surface area contributed by atoms with Gasteiger partial charge < -0.3 is 0 Å². The molecule has 0 saturated heterocycles. The quantitative estimate of drug-likeness (QED) is 0.704. The average molecular weight is 412 g/mol. The zero-order chi connectivity index (χ0) is 21.2. The Morgan fingerprint density at radius 2 is 1.69 bits per heavy atom. The summed E-state index contributed by atoms with van der Waals surface area (Å²) in [6, 6.07) is 13.3. The molecule has 2 aromatic carbocycles. The highest BCUT2D eigenvalue weighted by Crippen LogP contribution is 2.38. The molecule has 154 valence electrons. The molecule has 2 aromatic rings. The lowest BCUT2D eigenvalue weighted by Crippen LogP contribution is -2.35. The maximum atomic E-state index is 13.0. The SMILES string of the molecule is Cc1ccc(S(=O)(=O)N(C)CC[C@@]2(c3ccc(C)c(C)c3)C=CC(=O)CC2)cc1. The van der Waals surface area contributed by atoms with Crippen LogP contribution >= 0.6 is 0 Å². The minimum Gasteiger partial charge on any atom is -0.295 e. The standard InChI is InChI=1S/C24H29NO3S/c1-18-5-9-23(10-6-18)29(27,28)25(4)16-15-24(13-11-22(26)12-14-24)21-8-7-19(2)20(3)17-21/h5-11,13,17H,12,14-16H2,1-4H3/t24-/m1/s1. The lowest BCUT2D eigenvalue weighted by molar-refractivity contribution is -0.115. The van der Waals surface area contributed by atoms with Crippen molar-refractivity contribution >= 4 is 15.8 Å². The van der Waals surface area contributed by atoms with Crippen LogP contribution in [0.3, 0.4) is 0 Å². The van der Waals surface area contributed by atoms with Crippen molar-refractivity contribution in [3.63, 3.8) is 0 Å². The Hall–Kier alpha value is -2.24. The minimum atomic E-state index is -3.55. The van der Waals surface area contributed by atoms with Crippen LogP contribution in [-0.2, 0) is 20.2 Å². The van der Waals surface area contributed by atoms with Crippen LogP contribution in [0.25, 0.3) is 0 Å². The molecule has 0 spiro atoms. The number of allylic oxidation sites excluding steroid dienone is 2. The molecule has 4 nitrogen and oxygen atoms in total. The van der Waals surface area contributed by atoms with Crippen LogP contribution in [0.4, 0.5) is 0 Å². The van der Waals surface area contributed by atoms with E-state index in [4.69, 9.17) is 0 Å². The number of aryl methyl sites for hydroxylation is 3. The monoisotopic (exact) mass is 411 g/mol. The Morgan fingerprint density at radius 3 is 2.28 bits per heavy atom. The van der Waals surface area contributed by atoms with Crippen LogP contribution in [0, 0.1) is 20.8 Å². The highest BCUT2D eigenvalue weighted by molar-refractivity contribution is 7.89. The summed E-state index contributed by atoms with van der Waals surface area (Å²) in [6.45, 7) is 6.47. The van der Waals surface area contributed by atoms with E-state index in [1.54, 1.807) is 25.3 Å². The number of rotatable bonds is 6. The molecule has 1 aliphatic rings. The van der Waals surface area contributed by atoms with Gasteiger partial charge in [-0.2, -0.15) is 0 Å². The third-order valence-corrected chi connectivity index (χ3v) is 7.96. The molecule has 0 amide bonds. The summed E-state index contributed by atoms with van der Waals surface area (Å²) in [6.07, 6.45) is 5.45. The first-order valence-electron chi connectivity index (χ1n) is 9.97. The highest BCUT2D eigenvalue weighted by Gasteiger charge is 2.34. The maximum absolute atomic E-state index is 13.0. The molecule has 3 rings (SSSR count). The largest absolute Gasteiger partial charge is 0.295 e. The second-order valence-electron chi connectivity index (χ2n) is 8.14. The second-order valence-corrected chi connectivity index (χ2v) is 10.2. The van der Waals surface area contributed by atoms with Gasteiger partial charge in [0.25, 0.3) is 0 Å². The van der Waals surface area contributed by atoms with Crippen molar-refractivity contribution < 1.29 is 13.2 Å². The molecule has 0 fully saturated rings. The summed E-state index contributed by atoms with van der Waals surface area (Å²) in [5.41, 5.74) is 4.26. The molecule has 0 unspecified atom stereocenters. The van der Waals surface area contributed by atoms with Crippen molar-refractivity contribution in [3.05, 3.63) is 76.9 Å². The fourth-order valence-electron chi connectivity index (χ4n) is 3.78. The van der Waals surface area contributed by atoms with Gasteiger partial charge in [-0.05, 0) is 68.5 Å². The topological polar surface area (TPSA) is 54.5 Å². The Morgan fingerprint density at radius 1 is 1.00 bits per heavy atom. The first-order valence-corrected chi connectivity index (χ1v) is 11.4. The normalized spacial score (nSPS) is 19.7. The molecular formula is C24H29NO3S. The fourth-order valence-corrected chi connectivity index (χ4v) is 4.95. The van der Waals surface area contributed by atoms with E-state index in [9.17, 15) is 13.2 Å². The number of nitrogens with zero attached hydrogens (tertiary/aromatic N) is 1. The zero-order valence-corrected chi connectivity index (χ0v) is 18.4. The van der Waals surface area contributed by atoms with Gasteiger partial charge in [-0.25, -0.2) is 12.7 Å². The van der Waals surface area contributed by atoms with Gasteiger partial charge in [-0.3, -0.25) is 4.79 Å². The van der Waals surface area contributed by atoms with Gasteiger partial charge in [-0.15, -0.1) is 0 Å². The van der Waals surface area contributed by atoms with Gasteiger partial charge in [0.15, 0.2) is 5.78 Å². The van der Waals surface area contributed by atoms with Gasteiger partial charge in [0.05, 0.1) is 4.90 Å². The fraction of sp³-hybridized carbons (Fsp3) is 0.375. The maximum Gasteiger partial charge on any atom is 0.242 e. The summed E-state index contributed by atoms with van der Waals surface area (Å²) in [4.78, 5) is 12.1. The minimum absolute atomic E-state index is 0.130. The van der Waals surface area contributed by atoms with Gasteiger partial charge in [0, 0.05) is 25.4 Å². The summed E-state index contributed by atoms with van der Waals surface area (Å²) >= 11 is 0. The Bertz CT molecular complexity index is 1040. The van der Waals surface area contributed by atoms with Crippen LogP contribution in [-0.4, -0.2) is 32.1 Å². The number of benzene rings is 2. The van der Waals surface area contributed by atoms with Crippen molar-refractivity contribution in [1.29, 1.82) is 0 Å². The molecule has 0 aromatic heterocycles. The summed E-state index contributed by atoms with van der Waals surface area (Å²) in [5, 5.41) is 0. The molecule has 1 atom stereocenters. The van der Waals surface area contributed by atoms with E-state index in [0.717, 1.165) is 11.1 Å². The lowest BCUT2D eigenvalue weighted by atomic mass is 9.70.